The van der Waals surface area contributed by atoms with Gasteiger partial charge in [0.15, 0.2) is 6.61 Å². The number of carbonyl (C=O) groups excluding carboxylic acids is 3. The SMILES string of the molecule is NS(=O)(=O)c1ccc(NC(=O)COc2ccc(Br)cc2[C@@H]2c3sc(=O)[nH]c3S[C@@H]3[C@@H]4C[C@@H]([C@@H]5C(=O)N(c6ccc(Cl)cc6)C(=O)[C@@H]45)[C@H]23)cc1. The number of benzene rings is 3. The monoisotopic (exact) mass is 800 g/mol. The number of ether oxygens (including phenoxy) is 1. The highest BCUT2D eigenvalue weighted by Crippen LogP contribution is 2.69. The molecule has 2 bridgehead atoms. The lowest BCUT2D eigenvalue weighted by molar-refractivity contribution is -0.123. The molecule has 3 heterocycles. The maximum atomic E-state index is 14.1. The smallest absolute Gasteiger partial charge is 0.305 e. The van der Waals surface area contributed by atoms with Gasteiger partial charge in [0.1, 0.15) is 5.75 Å². The van der Waals surface area contributed by atoms with Crippen molar-refractivity contribution >= 4 is 89.7 Å². The number of thiazole rings is 1. The van der Waals surface area contributed by atoms with E-state index in [1.165, 1.54) is 29.2 Å². The standard InChI is InChI=1S/C33H26BrClN4O7S3/c34-14-1-10-22(46-13-23(40)37-16-4-8-18(9-5-16)49(36,44)45)19(11-14)24-25-20-12-21(28(25)47-30-29(24)48-33(43)38-30)27-26(20)31(41)39(32(27)42)17-6-2-15(35)3-7-17/h1-11,20-21,24-28H,12-13H2,(H,37,40)(H,38,43)(H2,36,44,45)/t20-,21-,24+,25-,26+,27+,28-/m1/s1. The number of rotatable bonds is 7. The van der Waals surface area contributed by atoms with Crippen molar-refractivity contribution in [2.45, 2.75) is 27.5 Å². The minimum Gasteiger partial charge on any atom is -0.483 e. The number of primary sulfonamides is 1. The molecule has 2 aliphatic heterocycles. The first-order valence-corrected chi connectivity index (χ1v) is 19.7. The highest BCUT2D eigenvalue weighted by Gasteiger charge is 2.69. The maximum Gasteiger partial charge on any atom is 0.305 e. The molecule has 0 unspecified atom stereocenters. The van der Waals surface area contributed by atoms with Gasteiger partial charge in [-0.25, -0.2) is 13.6 Å². The number of amides is 3. The van der Waals surface area contributed by atoms with Crippen molar-refractivity contribution in [1.29, 1.82) is 0 Å². The third-order valence-electron chi connectivity index (χ3n) is 9.94. The second kappa shape index (κ2) is 12.1. The van der Waals surface area contributed by atoms with E-state index in [2.05, 4.69) is 26.2 Å². The Kier molecular flexibility index (Phi) is 8.07. The molecular weight excluding hydrogens is 776 g/mol. The number of nitrogens with two attached hydrogens (primary N) is 1. The van der Waals surface area contributed by atoms with E-state index in [0.717, 1.165) is 37.7 Å². The summed E-state index contributed by atoms with van der Waals surface area (Å²) in [5.41, 5.74) is 1.64. The van der Waals surface area contributed by atoms with Crippen LogP contribution in [0.1, 0.15) is 22.8 Å². The Labute approximate surface area is 301 Å². The van der Waals surface area contributed by atoms with Gasteiger partial charge in [-0.05, 0) is 90.9 Å². The summed E-state index contributed by atoms with van der Waals surface area (Å²) in [5, 5.41) is 9.09. The molecule has 8 rings (SSSR count). The molecule has 4 aliphatic rings. The van der Waals surface area contributed by atoms with Crippen LogP contribution in [0.25, 0.3) is 0 Å². The number of nitrogens with one attached hydrogen (secondary N) is 2. The van der Waals surface area contributed by atoms with Crippen LogP contribution >= 0.6 is 50.6 Å². The number of halogens is 2. The zero-order valence-electron chi connectivity index (χ0n) is 25.2. The summed E-state index contributed by atoms with van der Waals surface area (Å²) >= 11 is 12.4. The molecule has 3 aromatic carbocycles. The average molecular weight is 802 g/mol. The molecule has 0 radical (unpaired) electrons. The van der Waals surface area contributed by atoms with E-state index in [1.54, 1.807) is 48.2 Å². The molecule has 1 saturated heterocycles. The van der Waals surface area contributed by atoms with Crippen molar-refractivity contribution in [3.05, 3.63) is 96.3 Å². The van der Waals surface area contributed by atoms with E-state index < -0.39 is 27.8 Å². The predicted octanol–water partition coefficient (Wildman–Crippen LogP) is 5.20. The minimum absolute atomic E-state index is 0.0358. The fourth-order valence-corrected chi connectivity index (χ4v) is 12.1. The third-order valence-corrected chi connectivity index (χ3v) is 14.2. The Bertz CT molecular complexity index is 2210. The predicted molar refractivity (Wildman–Crippen MR) is 189 cm³/mol. The number of H-pyrrole nitrogens is 1. The Balaban J connectivity index is 1.11. The van der Waals surface area contributed by atoms with E-state index in [0.29, 0.717) is 22.1 Å². The van der Waals surface area contributed by atoms with Gasteiger partial charge in [-0.1, -0.05) is 38.9 Å². The molecule has 4 N–H and O–H groups in total. The summed E-state index contributed by atoms with van der Waals surface area (Å²) in [4.78, 5) is 58.6. The number of imide groups is 1. The van der Waals surface area contributed by atoms with Gasteiger partial charge in [0, 0.05) is 36.8 Å². The largest absolute Gasteiger partial charge is 0.483 e. The lowest BCUT2D eigenvalue weighted by Gasteiger charge is -2.43. The molecule has 11 nitrogen and oxygen atoms in total. The van der Waals surface area contributed by atoms with Crippen LogP contribution in [0.5, 0.6) is 5.75 Å². The van der Waals surface area contributed by atoms with E-state index >= 15 is 0 Å². The second-order valence-electron chi connectivity index (χ2n) is 12.5. The molecule has 1 aromatic heterocycles. The van der Waals surface area contributed by atoms with Crippen molar-refractivity contribution in [1.82, 2.24) is 4.98 Å². The van der Waals surface area contributed by atoms with E-state index in [4.69, 9.17) is 21.5 Å². The fourth-order valence-electron chi connectivity index (χ4n) is 8.17. The van der Waals surface area contributed by atoms with Gasteiger partial charge < -0.3 is 15.0 Å². The normalized spacial score (nSPS) is 26.8. The lowest BCUT2D eigenvalue weighted by atomic mass is 9.68. The molecule has 252 valence electrons. The quantitative estimate of drug-likeness (QED) is 0.215. The summed E-state index contributed by atoms with van der Waals surface area (Å²) in [5.74, 6) is -1.97. The van der Waals surface area contributed by atoms with Gasteiger partial charge in [-0.2, -0.15) is 0 Å². The van der Waals surface area contributed by atoms with Crippen LogP contribution in [0.3, 0.4) is 0 Å². The Morgan fingerprint density at radius 3 is 2.41 bits per heavy atom. The maximum absolute atomic E-state index is 14.1. The molecule has 0 spiro atoms. The molecule has 3 fully saturated rings. The van der Waals surface area contributed by atoms with Gasteiger partial charge in [0.2, 0.25) is 21.8 Å². The molecular formula is C33H26BrClN4O7S3. The number of thioether (sulfide) groups is 1. The van der Waals surface area contributed by atoms with Crippen LogP contribution in [0.4, 0.5) is 11.4 Å². The molecule has 7 atom stereocenters. The average Bonchev–Trinajstić information content (AvgIpc) is 3.79. The van der Waals surface area contributed by atoms with E-state index in [9.17, 15) is 27.6 Å². The number of aromatic amines is 1. The van der Waals surface area contributed by atoms with Gasteiger partial charge in [-0.3, -0.25) is 24.1 Å². The Morgan fingerprint density at radius 1 is 1.02 bits per heavy atom. The first kappa shape index (κ1) is 32.7. The van der Waals surface area contributed by atoms with Crippen LogP contribution in [0, 0.1) is 29.6 Å². The second-order valence-corrected chi connectivity index (χ2v) is 17.7. The number of anilines is 2. The Hall–Kier alpha value is -3.47. The first-order valence-electron chi connectivity index (χ1n) is 15.3. The van der Waals surface area contributed by atoms with Crippen LogP contribution < -0.4 is 25.0 Å². The number of carbonyl (C=O) groups is 3. The van der Waals surface area contributed by atoms with Crippen molar-refractivity contribution in [2.75, 3.05) is 16.8 Å². The number of aromatic nitrogens is 1. The third kappa shape index (κ3) is 5.54. The van der Waals surface area contributed by atoms with Crippen molar-refractivity contribution in [2.24, 2.45) is 34.7 Å². The molecule has 3 amide bonds. The number of nitrogens with zero attached hydrogens (tertiary/aromatic N) is 1. The van der Waals surface area contributed by atoms with E-state index in [-0.39, 0.29) is 57.1 Å². The Morgan fingerprint density at radius 2 is 1.71 bits per heavy atom. The summed E-state index contributed by atoms with van der Waals surface area (Å²) in [7, 11) is -3.88. The van der Waals surface area contributed by atoms with Crippen LogP contribution in [0.15, 0.2) is 85.9 Å². The van der Waals surface area contributed by atoms with Gasteiger partial charge in [-0.15, -0.1) is 11.8 Å². The summed E-state index contributed by atoms with van der Waals surface area (Å²) in [6, 6.07) is 17.7. The molecule has 4 aromatic rings. The van der Waals surface area contributed by atoms with Gasteiger partial charge in [0.25, 0.3) is 5.91 Å². The van der Waals surface area contributed by atoms with Crippen molar-refractivity contribution in [3.8, 4) is 5.75 Å². The van der Waals surface area contributed by atoms with Gasteiger partial charge in [0.05, 0.1) is 27.4 Å². The van der Waals surface area contributed by atoms with Crippen LogP contribution in [0.2, 0.25) is 5.02 Å². The number of sulfonamides is 1. The summed E-state index contributed by atoms with van der Waals surface area (Å²) < 4.78 is 30.1. The zero-order valence-corrected chi connectivity index (χ0v) is 30.0. The lowest BCUT2D eigenvalue weighted by Crippen LogP contribution is -2.42. The van der Waals surface area contributed by atoms with Crippen molar-refractivity contribution < 1.29 is 27.5 Å². The fraction of sp³-hybridized carbons (Fsp3) is 0.273. The number of fused-ring (bicyclic) bond motifs is 9. The van der Waals surface area contributed by atoms with Crippen LogP contribution in [-0.2, 0) is 24.4 Å². The number of hydrogen-bond donors (Lipinski definition) is 3. The van der Waals surface area contributed by atoms with E-state index in [1.807, 2.05) is 6.07 Å². The zero-order chi connectivity index (χ0) is 34.4. The molecule has 16 heteroatoms. The first-order chi connectivity index (χ1) is 23.4. The summed E-state index contributed by atoms with van der Waals surface area (Å²) in [6.45, 7) is -0.350. The van der Waals surface area contributed by atoms with Gasteiger partial charge >= 0.3 is 4.87 Å². The van der Waals surface area contributed by atoms with Crippen LogP contribution in [-0.4, -0.2) is 43.0 Å². The highest BCUT2D eigenvalue weighted by molar-refractivity contribution is 9.10. The molecule has 49 heavy (non-hydrogen) atoms. The molecule has 2 saturated carbocycles. The topological polar surface area (TPSA) is 169 Å². The van der Waals surface area contributed by atoms with Crippen molar-refractivity contribution in [3.63, 3.8) is 0 Å². The number of hydrogen-bond acceptors (Lipinski definition) is 9. The molecule has 2 aliphatic carbocycles. The minimum atomic E-state index is -3.88. The highest BCUT2D eigenvalue weighted by atomic mass is 79.9. The summed E-state index contributed by atoms with van der Waals surface area (Å²) in [6.07, 6.45) is 0.718.